The Labute approximate surface area is 56.0 Å². The topological polar surface area (TPSA) is 15.3 Å². The average Bonchev–Trinajstić information content (AvgIpc) is 1.89. The van der Waals surface area contributed by atoms with Gasteiger partial charge >= 0.3 is 0 Å². The molecule has 2 nitrogen and oxygen atoms in total. The second kappa shape index (κ2) is 5.98. The quantitative estimate of drug-likeness (QED) is 0.434. The third-order valence-electron chi connectivity index (χ3n) is 1.12. The minimum atomic E-state index is -0.356. The molecule has 0 saturated carbocycles. The van der Waals surface area contributed by atoms with E-state index in [9.17, 15) is 4.39 Å². The molecule has 0 spiro atoms. The van der Waals surface area contributed by atoms with Gasteiger partial charge in [-0.05, 0) is 13.6 Å². The molecular weight excluding hydrogens is 119 g/mol. The third-order valence-corrected chi connectivity index (χ3v) is 1.12. The maximum atomic E-state index is 11.7. The zero-order valence-corrected chi connectivity index (χ0v) is 6.15. The van der Waals surface area contributed by atoms with Crippen molar-refractivity contribution in [2.45, 2.75) is 6.92 Å². The maximum Gasteiger partial charge on any atom is 0.142 e. The highest BCUT2D eigenvalue weighted by Gasteiger charge is 1.92. The van der Waals surface area contributed by atoms with Crippen LogP contribution in [0.4, 0.5) is 4.39 Å². The summed E-state index contributed by atoms with van der Waals surface area (Å²) >= 11 is 0. The molecule has 0 aliphatic rings. The number of nitrogens with one attached hydrogen (secondary N) is 1. The second-order valence-electron chi connectivity index (χ2n) is 2.05. The Hall–Kier alpha value is -0.150. The molecule has 0 amide bonds. The van der Waals surface area contributed by atoms with Crippen LogP contribution in [-0.2, 0) is 0 Å². The van der Waals surface area contributed by atoms with Crippen LogP contribution in [0.5, 0.6) is 0 Å². The highest BCUT2D eigenvalue weighted by Crippen LogP contribution is 1.78. The summed E-state index contributed by atoms with van der Waals surface area (Å²) in [4.78, 5) is 1.63. The summed E-state index contributed by atoms with van der Waals surface area (Å²) in [7, 11) is 1.76. The minimum Gasteiger partial charge on any atom is -0.316 e. The van der Waals surface area contributed by atoms with Crippen LogP contribution in [0.1, 0.15) is 6.92 Å². The second-order valence-corrected chi connectivity index (χ2v) is 2.05. The standard InChI is InChI=1S/C6H15FN2/c1-3-8-4-5-9(2)6-7/h8H,3-6H2,1-2H3. The molecule has 56 valence electrons. The lowest BCUT2D eigenvalue weighted by molar-refractivity contribution is 0.225. The molecule has 9 heavy (non-hydrogen) atoms. The first-order valence-electron chi connectivity index (χ1n) is 3.26. The predicted molar refractivity (Wildman–Crippen MR) is 37.1 cm³/mol. The molecule has 0 atom stereocenters. The highest BCUT2D eigenvalue weighted by molar-refractivity contribution is 4.47. The van der Waals surface area contributed by atoms with Gasteiger partial charge in [-0.2, -0.15) is 0 Å². The van der Waals surface area contributed by atoms with E-state index in [0.717, 1.165) is 19.6 Å². The number of likely N-dealkylation sites (N-methyl/N-ethyl adjacent to an activating group) is 2. The van der Waals surface area contributed by atoms with E-state index in [0.29, 0.717) is 0 Å². The molecule has 0 aromatic carbocycles. The summed E-state index contributed by atoms with van der Waals surface area (Å²) in [5.41, 5.74) is 0. The number of hydrogen-bond donors (Lipinski definition) is 1. The summed E-state index contributed by atoms with van der Waals surface area (Å²) in [6.45, 7) is 4.29. The van der Waals surface area contributed by atoms with Crippen molar-refractivity contribution in [1.29, 1.82) is 0 Å². The fourth-order valence-electron chi connectivity index (χ4n) is 0.506. The zero-order chi connectivity index (χ0) is 7.11. The largest absolute Gasteiger partial charge is 0.316 e. The van der Waals surface area contributed by atoms with Crippen LogP contribution in [0.15, 0.2) is 0 Å². The van der Waals surface area contributed by atoms with Gasteiger partial charge in [-0.25, -0.2) is 4.39 Å². The third kappa shape index (κ3) is 5.73. The summed E-state index contributed by atoms with van der Waals surface area (Å²) in [5, 5.41) is 3.11. The Morgan fingerprint density at radius 2 is 2.22 bits per heavy atom. The van der Waals surface area contributed by atoms with Gasteiger partial charge in [0.2, 0.25) is 0 Å². The lowest BCUT2D eigenvalue weighted by Gasteiger charge is -2.10. The van der Waals surface area contributed by atoms with Crippen LogP contribution < -0.4 is 5.32 Å². The molecule has 0 bridgehead atoms. The van der Waals surface area contributed by atoms with Gasteiger partial charge in [0.25, 0.3) is 0 Å². The van der Waals surface area contributed by atoms with Gasteiger partial charge in [-0.1, -0.05) is 6.92 Å². The molecule has 0 aliphatic heterocycles. The SMILES string of the molecule is CCNCCN(C)CF. The lowest BCUT2D eigenvalue weighted by atomic mass is 10.5. The first-order valence-corrected chi connectivity index (χ1v) is 3.26. The van der Waals surface area contributed by atoms with Gasteiger partial charge in [0.05, 0.1) is 0 Å². The molecule has 0 aromatic heterocycles. The highest BCUT2D eigenvalue weighted by atomic mass is 19.1. The summed E-state index contributed by atoms with van der Waals surface area (Å²) in [6, 6.07) is 0. The first kappa shape index (κ1) is 8.85. The first-order chi connectivity index (χ1) is 4.31. The number of hydrogen-bond acceptors (Lipinski definition) is 2. The van der Waals surface area contributed by atoms with Crippen LogP contribution in [-0.4, -0.2) is 38.4 Å². The Morgan fingerprint density at radius 3 is 2.67 bits per heavy atom. The summed E-state index contributed by atoms with van der Waals surface area (Å²) in [5.74, 6) is 0. The van der Waals surface area contributed by atoms with Gasteiger partial charge in [0.1, 0.15) is 6.80 Å². The Kier molecular flexibility index (Phi) is 5.88. The minimum absolute atomic E-state index is 0.356. The van der Waals surface area contributed by atoms with Gasteiger partial charge in [0, 0.05) is 13.1 Å². The fraction of sp³-hybridized carbons (Fsp3) is 1.00. The van der Waals surface area contributed by atoms with E-state index in [1.165, 1.54) is 0 Å². The zero-order valence-electron chi connectivity index (χ0n) is 6.15. The molecule has 0 aromatic rings. The molecule has 0 unspecified atom stereocenters. The van der Waals surface area contributed by atoms with Crippen molar-refractivity contribution in [3.05, 3.63) is 0 Å². The molecule has 0 fully saturated rings. The monoisotopic (exact) mass is 134 g/mol. The average molecular weight is 134 g/mol. The molecule has 0 saturated heterocycles. The summed E-state index contributed by atoms with van der Waals surface area (Å²) < 4.78 is 11.7. The molecule has 0 rings (SSSR count). The number of halogens is 1. The maximum absolute atomic E-state index is 11.7. The van der Waals surface area contributed by atoms with Gasteiger partial charge in [0.15, 0.2) is 0 Å². The van der Waals surface area contributed by atoms with E-state index in [4.69, 9.17) is 0 Å². The van der Waals surface area contributed by atoms with E-state index < -0.39 is 0 Å². The lowest BCUT2D eigenvalue weighted by Crippen LogP contribution is -2.28. The molecule has 0 aliphatic carbocycles. The van der Waals surface area contributed by atoms with Gasteiger partial charge in [-0.15, -0.1) is 0 Å². The molecule has 0 heterocycles. The van der Waals surface area contributed by atoms with Crippen LogP contribution >= 0.6 is 0 Å². The van der Waals surface area contributed by atoms with Crippen molar-refractivity contribution in [2.75, 3.05) is 33.5 Å². The smallest absolute Gasteiger partial charge is 0.142 e. The van der Waals surface area contributed by atoms with Crippen molar-refractivity contribution >= 4 is 0 Å². The van der Waals surface area contributed by atoms with Crippen molar-refractivity contribution < 1.29 is 4.39 Å². The van der Waals surface area contributed by atoms with Crippen LogP contribution in [0, 0.1) is 0 Å². The Morgan fingerprint density at radius 1 is 1.56 bits per heavy atom. The number of alkyl halides is 1. The van der Waals surface area contributed by atoms with E-state index >= 15 is 0 Å². The Bertz CT molecular complexity index is 59.0. The number of rotatable bonds is 5. The normalized spacial score (nSPS) is 10.7. The van der Waals surface area contributed by atoms with E-state index in [-0.39, 0.29) is 6.80 Å². The van der Waals surface area contributed by atoms with Crippen LogP contribution in [0.25, 0.3) is 0 Å². The van der Waals surface area contributed by atoms with Gasteiger partial charge < -0.3 is 5.32 Å². The molecular formula is C6H15FN2. The van der Waals surface area contributed by atoms with Crippen LogP contribution in [0.3, 0.4) is 0 Å². The fourth-order valence-corrected chi connectivity index (χ4v) is 0.506. The predicted octanol–water partition coefficient (Wildman–Crippen LogP) is 0.455. The molecule has 3 heteroatoms. The van der Waals surface area contributed by atoms with Crippen molar-refractivity contribution in [2.24, 2.45) is 0 Å². The Balaban J connectivity index is 2.88. The van der Waals surface area contributed by atoms with Crippen LogP contribution in [0.2, 0.25) is 0 Å². The summed E-state index contributed by atoms with van der Waals surface area (Å²) in [6.07, 6.45) is 0. The molecule has 0 radical (unpaired) electrons. The van der Waals surface area contributed by atoms with E-state index in [2.05, 4.69) is 5.32 Å². The van der Waals surface area contributed by atoms with E-state index in [1.807, 2.05) is 6.92 Å². The van der Waals surface area contributed by atoms with Crippen molar-refractivity contribution in [3.63, 3.8) is 0 Å². The van der Waals surface area contributed by atoms with Crippen molar-refractivity contribution in [1.82, 2.24) is 10.2 Å². The van der Waals surface area contributed by atoms with Gasteiger partial charge in [-0.3, -0.25) is 4.90 Å². The van der Waals surface area contributed by atoms with E-state index in [1.54, 1.807) is 11.9 Å². The number of nitrogens with zero attached hydrogens (tertiary/aromatic N) is 1. The van der Waals surface area contributed by atoms with Crippen molar-refractivity contribution in [3.8, 4) is 0 Å². The molecule has 1 N–H and O–H groups in total.